The van der Waals surface area contributed by atoms with Crippen molar-refractivity contribution in [2.45, 2.75) is 148 Å². The van der Waals surface area contributed by atoms with Gasteiger partial charge in [-0.25, -0.2) is 0 Å². The van der Waals surface area contributed by atoms with Gasteiger partial charge in [0.25, 0.3) is 0 Å². The predicted molar refractivity (Wildman–Crippen MR) is 406 cm³/mol. The van der Waals surface area contributed by atoms with Crippen molar-refractivity contribution < 1.29 is 85.4 Å². The van der Waals surface area contributed by atoms with Gasteiger partial charge in [-0.2, -0.15) is 0 Å². The fourth-order valence-electron chi connectivity index (χ4n) is 18.3. The van der Waals surface area contributed by atoms with E-state index in [1.54, 1.807) is 69.0 Å². The molecule has 0 aromatic heterocycles. The maximum atomic E-state index is 14.6. The summed E-state index contributed by atoms with van der Waals surface area (Å²) in [6.07, 6.45) is 10.2. The number of carbonyl (C=O) groups excluding carboxylic acids is 2. The molecule has 570 valence electrons. The molecule has 0 radical (unpaired) electrons. The van der Waals surface area contributed by atoms with Gasteiger partial charge in [0.2, 0.25) is 0 Å². The van der Waals surface area contributed by atoms with Crippen molar-refractivity contribution in [1.82, 2.24) is 0 Å². The van der Waals surface area contributed by atoms with Crippen molar-refractivity contribution in [2.24, 2.45) is 0 Å². The summed E-state index contributed by atoms with van der Waals surface area (Å²) in [5.41, 5.74) is 9.87. The first-order chi connectivity index (χ1) is 52.7. The van der Waals surface area contributed by atoms with Gasteiger partial charge >= 0.3 is 0 Å². The molecular weight excluding hydrogens is 1370 g/mol. The molecule has 18 heteroatoms. The third-order valence-corrected chi connectivity index (χ3v) is 24.6. The Bertz CT molecular complexity index is 4050. The van der Waals surface area contributed by atoms with E-state index in [1.807, 2.05) is 24.3 Å². The Balaban J connectivity index is 0.802. The minimum absolute atomic E-state index is 0.0939. The zero-order chi connectivity index (χ0) is 75.0. The van der Waals surface area contributed by atoms with Gasteiger partial charge in [0.05, 0.1) is 44.8 Å². The van der Waals surface area contributed by atoms with E-state index in [0.717, 1.165) is 77.9 Å². The average Bonchev–Trinajstić information content (AvgIpc) is 0.756. The molecule has 4 fully saturated rings. The molecule has 0 spiro atoms. The summed E-state index contributed by atoms with van der Waals surface area (Å²) in [4.78, 5) is 29.3. The van der Waals surface area contributed by atoms with Gasteiger partial charge in [0.15, 0.2) is 11.6 Å². The van der Waals surface area contributed by atoms with Gasteiger partial charge < -0.3 is 75.8 Å². The topological polar surface area (TPSA) is 182 Å². The van der Waals surface area contributed by atoms with Crippen LogP contribution in [-0.4, -0.2) is 123 Å². The second-order valence-corrected chi connectivity index (χ2v) is 30.0. The number of benzene rings is 8. The van der Waals surface area contributed by atoms with Crippen LogP contribution in [0.2, 0.25) is 0 Å². The summed E-state index contributed by atoms with van der Waals surface area (Å²) < 4.78 is 99.5. The number of carbonyl (C=O) groups is 2. The lowest BCUT2D eigenvalue weighted by Crippen LogP contribution is -2.44. The molecule has 0 N–H and O–H groups in total. The Morgan fingerprint density at radius 3 is 0.491 bits per heavy atom. The molecule has 18 nitrogen and oxygen atoms in total. The normalized spacial score (nSPS) is 26.6. The van der Waals surface area contributed by atoms with Crippen LogP contribution in [0.1, 0.15) is 179 Å². The zero-order valence-electron chi connectivity index (χ0n) is 63.6. The number of hydrogen-bond donors (Lipinski definition) is 0. The van der Waals surface area contributed by atoms with Crippen LogP contribution >= 0.6 is 0 Å². The Morgan fingerprint density at radius 2 is 0.333 bits per heavy atom. The quantitative estimate of drug-likeness (QED) is 0.0520. The first kappa shape index (κ1) is 77.2. The van der Waals surface area contributed by atoms with Crippen molar-refractivity contribution in [3.63, 3.8) is 0 Å². The van der Waals surface area contributed by atoms with E-state index >= 15 is 0 Å². The summed E-state index contributed by atoms with van der Waals surface area (Å²) in [6, 6.07) is 62.8. The molecule has 26 bridgehead atoms. The summed E-state index contributed by atoms with van der Waals surface area (Å²) in [5, 5.41) is 0. The molecule has 8 aromatic carbocycles. The second kappa shape index (κ2) is 33.2. The monoisotopic (exact) mass is 1470 g/mol. The SMILES string of the molecule is COCOC12CCC(OCOC)(CC1)c1ccc(cc1)C1(OCOC)CCC(OCOC)(CC1)c1ccc(cc1)-c1ccc3c(c1)C(=O)c1ccc(cc1C3=O)-c1ccc(cc1)C1(OCOC)CCC(OCOC)(CC1)c1ccc(cc1)C1(OCOC)CCC(OCOC)(CC1)c1ccc(cc1)-c1ccc2cc1. The summed E-state index contributed by atoms with van der Waals surface area (Å²) >= 11 is 0. The highest BCUT2D eigenvalue weighted by atomic mass is 16.7. The lowest BCUT2D eigenvalue weighted by atomic mass is 9.68. The molecule has 0 aliphatic heterocycles. The maximum absolute atomic E-state index is 14.6. The summed E-state index contributed by atoms with van der Waals surface area (Å²) in [6.45, 7) is 0.887. The molecule has 108 heavy (non-hydrogen) atoms. The highest BCUT2D eigenvalue weighted by Gasteiger charge is 2.52. The van der Waals surface area contributed by atoms with Gasteiger partial charge in [-0.05, 0) is 205 Å². The number of hydrogen-bond acceptors (Lipinski definition) is 18. The molecule has 0 saturated heterocycles. The summed E-state index contributed by atoms with van der Waals surface area (Å²) in [5.74, 6) is -0.397. The average molecular weight is 1470 g/mol. The standard InChI is InChI=1S/C90H102O18/c1-93-55-101-83-37-45-87(46-38-83,105-59-97-5)73-27-31-75(32-28-73)89(107-61-99-7)49-41-85(42-50-89,103-57-95-3)71-23-13-65(14-24-71)67-17-35-77-79(53-67)81(91)78-36-18-68(54-80(78)82(77)92)66-15-25-72(26-16-66)86(104-58-96-4)43-51-90(52-44-86,108-62-100-8)76-33-29-74(30-34-76)88(106-60-98-6)47-39-84(40-48-88,102-56-94-2)70-21-11-64(12-22-70)63-9-19-69(83)20-10-63/h9-36,53-54H,37-52,55-62H2,1-8H3. The molecule has 0 heterocycles. The van der Waals surface area contributed by atoms with E-state index in [2.05, 4.69) is 146 Å². The van der Waals surface area contributed by atoms with Gasteiger partial charge in [-0.1, -0.05) is 158 Å². The molecule has 0 atom stereocenters. The Labute approximate surface area is 634 Å². The van der Waals surface area contributed by atoms with E-state index in [-0.39, 0.29) is 65.9 Å². The van der Waals surface area contributed by atoms with Gasteiger partial charge in [-0.3, -0.25) is 9.59 Å². The van der Waals surface area contributed by atoms with Crippen molar-refractivity contribution >= 4 is 11.6 Å². The smallest absolute Gasteiger partial charge is 0.194 e. The fourth-order valence-corrected chi connectivity index (χ4v) is 18.3. The molecule has 8 aromatic rings. The third-order valence-electron chi connectivity index (χ3n) is 24.6. The Kier molecular flexibility index (Phi) is 23.7. The van der Waals surface area contributed by atoms with Crippen molar-refractivity contribution in [3.8, 4) is 33.4 Å². The van der Waals surface area contributed by atoms with Crippen LogP contribution in [0, 0.1) is 0 Å². The minimum Gasteiger partial charge on any atom is -0.359 e. The number of ketones is 2. The van der Waals surface area contributed by atoms with E-state index in [9.17, 15) is 9.59 Å². The van der Waals surface area contributed by atoms with Crippen LogP contribution in [0.15, 0.2) is 182 Å². The van der Waals surface area contributed by atoms with Crippen molar-refractivity contribution in [2.75, 3.05) is 111 Å². The number of rotatable bonds is 24. The Hall–Kier alpha value is -7.54. The van der Waals surface area contributed by atoms with Crippen LogP contribution in [0.4, 0.5) is 0 Å². The van der Waals surface area contributed by atoms with E-state index < -0.39 is 44.8 Å². The molecule has 0 unspecified atom stereocenters. The highest BCUT2D eigenvalue weighted by molar-refractivity contribution is 6.29. The molecule has 0 amide bonds. The molecular formula is C90H102O18. The largest absolute Gasteiger partial charge is 0.359 e. The number of ether oxygens (including phenoxy) is 16. The van der Waals surface area contributed by atoms with Crippen LogP contribution in [0.3, 0.4) is 0 Å². The lowest BCUT2D eigenvalue weighted by Gasteiger charge is -2.47. The van der Waals surface area contributed by atoms with Gasteiger partial charge in [0.1, 0.15) is 54.3 Å². The van der Waals surface area contributed by atoms with Gasteiger partial charge in [0, 0.05) is 79.1 Å². The van der Waals surface area contributed by atoms with E-state index in [4.69, 9.17) is 75.8 Å². The third kappa shape index (κ3) is 14.9. The molecule has 46 rings (SSSR count). The second-order valence-electron chi connectivity index (χ2n) is 30.0. The van der Waals surface area contributed by atoms with Crippen LogP contribution < -0.4 is 0 Å². The lowest BCUT2D eigenvalue weighted by molar-refractivity contribution is -0.204. The first-order valence-electron chi connectivity index (χ1n) is 37.7. The van der Waals surface area contributed by atoms with E-state index in [1.165, 1.54) is 0 Å². The molecule has 38 aliphatic carbocycles. The minimum atomic E-state index is -0.710. The van der Waals surface area contributed by atoms with Crippen LogP contribution in [0.5, 0.6) is 0 Å². The highest BCUT2D eigenvalue weighted by Crippen LogP contribution is 2.56. The number of methoxy groups -OCH3 is 8. The maximum Gasteiger partial charge on any atom is 0.194 e. The zero-order valence-corrected chi connectivity index (χ0v) is 63.6. The van der Waals surface area contributed by atoms with E-state index in [0.29, 0.717) is 125 Å². The molecule has 38 aliphatic rings. The van der Waals surface area contributed by atoms with Gasteiger partial charge in [-0.15, -0.1) is 0 Å². The van der Waals surface area contributed by atoms with Crippen LogP contribution in [-0.2, 0) is 121 Å². The van der Waals surface area contributed by atoms with Crippen molar-refractivity contribution in [3.05, 3.63) is 249 Å². The Morgan fingerprint density at radius 1 is 0.194 bits per heavy atom. The van der Waals surface area contributed by atoms with Crippen molar-refractivity contribution in [1.29, 1.82) is 0 Å². The first-order valence-corrected chi connectivity index (χ1v) is 37.7. The summed E-state index contributed by atoms with van der Waals surface area (Å²) in [7, 11) is 13.2. The predicted octanol–water partition coefficient (Wildman–Crippen LogP) is 17.4. The van der Waals surface area contributed by atoms with Crippen LogP contribution in [0.25, 0.3) is 33.4 Å². The molecule has 4 saturated carbocycles. The fraction of sp³-hybridized carbons (Fsp3) is 0.444.